The Morgan fingerprint density at radius 2 is 1.26 bits per heavy atom. The highest BCUT2D eigenvalue weighted by Gasteiger charge is 2.31. The number of hydrogen-bond acceptors (Lipinski definition) is 8. The largest absolute Gasteiger partial charge is 0.508 e. The Hall–Kier alpha value is -4.91. The number of phenolic OH excluding ortho intramolecular Hbond substituents is 2. The molecule has 0 aliphatic rings. The molecule has 0 radical (unpaired) electrons. The van der Waals surface area contributed by atoms with Crippen LogP contribution in [0, 0.1) is 5.92 Å². The number of rotatable bonds is 15. The van der Waals surface area contributed by atoms with Gasteiger partial charge in [-0.15, -0.1) is 0 Å². The maximum absolute atomic E-state index is 13.6. The van der Waals surface area contributed by atoms with Gasteiger partial charge in [-0.2, -0.15) is 0 Å². The number of aromatic hydroxyl groups is 2. The Morgan fingerprint density at radius 1 is 0.767 bits per heavy atom. The van der Waals surface area contributed by atoms with Crippen LogP contribution in [0.4, 0.5) is 0 Å². The monoisotopic (exact) mass is 594 g/mol. The quantitative estimate of drug-likeness (QED) is 0.124. The highest BCUT2D eigenvalue weighted by atomic mass is 16.4. The number of nitrogens with one attached hydrogen (secondary N) is 4. The van der Waals surface area contributed by atoms with E-state index >= 15 is 0 Å². The third-order valence-electron chi connectivity index (χ3n) is 6.67. The van der Waals surface area contributed by atoms with Gasteiger partial charge < -0.3 is 42.0 Å². The average Bonchev–Trinajstić information content (AvgIpc) is 3.47. The number of aromatic nitrogens is 2. The summed E-state index contributed by atoms with van der Waals surface area (Å²) >= 11 is 0. The Kier molecular flexibility index (Phi) is 11.6. The minimum atomic E-state index is -1.20. The van der Waals surface area contributed by atoms with Gasteiger partial charge in [0.15, 0.2) is 0 Å². The fourth-order valence-corrected chi connectivity index (χ4v) is 4.40. The highest BCUT2D eigenvalue weighted by Crippen LogP contribution is 2.14. The first-order valence-electron chi connectivity index (χ1n) is 13.8. The Balaban J connectivity index is 1.81. The predicted molar refractivity (Wildman–Crippen MR) is 157 cm³/mol. The van der Waals surface area contributed by atoms with Crippen molar-refractivity contribution in [2.45, 2.75) is 63.7 Å². The molecule has 4 atom stereocenters. The van der Waals surface area contributed by atoms with Crippen LogP contribution in [-0.4, -0.2) is 73.1 Å². The molecule has 2 aromatic carbocycles. The number of nitrogens with zero attached hydrogens (tertiary/aromatic N) is 1. The molecule has 3 aromatic rings. The second-order valence-electron chi connectivity index (χ2n) is 10.8. The maximum Gasteiger partial charge on any atom is 0.326 e. The highest BCUT2D eigenvalue weighted by molar-refractivity contribution is 5.94. The molecule has 0 aliphatic heterocycles. The van der Waals surface area contributed by atoms with Gasteiger partial charge in [0.25, 0.3) is 0 Å². The van der Waals surface area contributed by atoms with Crippen LogP contribution in [0.5, 0.6) is 11.5 Å². The molecule has 0 fully saturated rings. The van der Waals surface area contributed by atoms with Gasteiger partial charge in [-0.05, 0) is 54.2 Å². The van der Waals surface area contributed by atoms with Gasteiger partial charge in [-0.3, -0.25) is 14.4 Å². The van der Waals surface area contributed by atoms with E-state index in [1.54, 1.807) is 24.3 Å². The van der Waals surface area contributed by atoms with E-state index in [1.165, 1.54) is 36.8 Å². The van der Waals surface area contributed by atoms with Gasteiger partial charge in [0.2, 0.25) is 17.7 Å². The minimum Gasteiger partial charge on any atom is -0.508 e. The molecule has 0 bridgehead atoms. The number of carboxylic acid groups (broad SMARTS) is 1. The fourth-order valence-electron chi connectivity index (χ4n) is 4.40. The average molecular weight is 595 g/mol. The SMILES string of the molecule is CC(C)CC(NC(=O)C(Cc1cnc[nH]1)NC(=O)C(Cc1ccc(O)cc1)NC(=O)C(N)Cc1ccc(O)cc1)C(=O)O. The summed E-state index contributed by atoms with van der Waals surface area (Å²) in [6.07, 6.45) is 3.20. The van der Waals surface area contributed by atoms with E-state index in [1.807, 2.05) is 13.8 Å². The Morgan fingerprint density at radius 3 is 1.74 bits per heavy atom. The van der Waals surface area contributed by atoms with Gasteiger partial charge >= 0.3 is 5.97 Å². The molecule has 0 spiro atoms. The van der Waals surface area contributed by atoms with E-state index in [0.717, 1.165) is 0 Å². The Bertz CT molecular complexity index is 1360. The van der Waals surface area contributed by atoms with Gasteiger partial charge in [0.05, 0.1) is 12.4 Å². The van der Waals surface area contributed by atoms with Crippen molar-refractivity contribution in [3.05, 3.63) is 77.9 Å². The zero-order valence-electron chi connectivity index (χ0n) is 24.0. The van der Waals surface area contributed by atoms with Crippen LogP contribution in [0.3, 0.4) is 0 Å². The van der Waals surface area contributed by atoms with Crippen LogP contribution < -0.4 is 21.7 Å². The van der Waals surface area contributed by atoms with Gasteiger partial charge in [-0.25, -0.2) is 9.78 Å². The number of amides is 3. The van der Waals surface area contributed by atoms with Crippen LogP contribution in [0.15, 0.2) is 61.1 Å². The topological polar surface area (TPSA) is 220 Å². The number of carbonyl (C=O) groups excluding carboxylic acids is 3. The van der Waals surface area contributed by atoms with Crippen LogP contribution in [0.2, 0.25) is 0 Å². The number of benzene rings is 2. The molecule has 0 saturated heterocycles. The zero-order chi connectivity index (χ0) is 31.5. The van der Waals surface area contributed by atoms with E-state index in [9.17, 15) is 34.5 Å². The molecule has 230 valence electrons. The molecular formula is C30H38N6O7. The van der Waals surface area contributed by atoms with Crippen molar-refractivity contribution in [2.24, 2.45) is 11.7 Å². The smallest absolute Gasteiger partial charge is 0.326 e. The van der Waals surface area contributed by atoms with E-state index in [0.29, 0.717) is 16.8 Å². The van der Waals surface area contributed by atoms with Crippen LogP contribution in [0.25, 0.3) is 0 Å². The van der Waals surface area contributed by atoms with E-state index < -0.39 is 47.9 Å². The lowest BCUT2D eigenvalue weighted by Crippen LogP contribution is -2.58. The molecule has 3 amide bonds. The Labute approximate surface area is 248 Å². The molecule has 1 heterocycles. The van der Waals surface area contributed by atoms with E-state index in [2.05, 4.69) is 25.9 Å². The van der Waals surface area contributed by atoms with E-state index in [-0.39, 0.29) is 43.1 Å². The number of aromatic amines is 1. The molecule has 4 unspecified atom stereocenters. The second-order valence-corrected chi connectivity index (χ2v) is 10.8. The van der Waals surface area contributed by atoms with Crippen LogP contribution in [0.1, 0.15) is 37.1 Å². The summed E-state index contributed by atoms with van der Waals surface area (Å²) in [5.41, 5.74) is 7.97. The molecule has 0 saturated carbocycles. The van der Waals surface area contributed by atoms with Crippen LogP contribution in [-0.2, 0) is 38.4 Å². The molecule has 9 N–H and O–H groups in total. The third kappa shape index (κ3) is 10.5. The summed E-state index contributed by atoms with van der Waals surface area (Å²) < 4.78 is 0. The summed E-state index contributed by atoms with van der Waals surface area (Å²) in [5.74, 6) is -3.16. The number of imidazole rings is 1. The summed E-state index contributed by atoms with van der Waals surface area (Å²) in [6, 6.07) is 7.71. The standard InChI is InChI=1S/C30H38N6O7/c1-17(2)11-26(30(42)43)36-29(41)25(14-20-15-32-16-33-20)35-28(40)24(13-19-5-9-22(38)10-6-19)34-27(39)23(31)12-18-3-7-21(37)8-4-18/h3-10,15-17,23-26,37-38H,11-14,31H2,1-2H3,(H,32,33)(H,34,39)(H,35,40)(H,36,41)(H,42,43). The fraction of sp³-hybridized carbons (Fsp3) is 0.367. The zero-order valence-corrected chi connectivity index (χ0v) is 24.0. The molecule has 1 aromatic heterocycles. The first kappa shape index (κ1) is 32.6. The third-order valence-corrected chi connectivity index (χ3v) is 6.67. The number of carbonyl (C=O) groups is 4. The number of H-pyrrole nitrogens is 1. The number of hydrogen-bond donors (Lipinski definition) is 8. The van der Waals surface area contributed by atoms with Crippen molar-refractivity contribution >= 4 is 23.7 Å². The summed E-state index contributed by atoms with van der Waals surface area (Å²) in [6.45, 7) is 3.66. The molecule has 13 heteroatoms. The summed E-state index contributed by atoms with van der Waals surface area (Å²) in [4.78, 5) is 58.7. The summed E-state index contributed by atoms with van der Waals surface area (Å²) in [7, 11) is 0. The van der Waals surface area contributed by atoms with Crippen molar-refractivity contribution in [3.63, 3.8) is 0 Å². The van der Waals surface area contributed by atoms with Gasteiger partial charge in [0, 0.05) is 24.7 Å². The number of aliphatic carboxylic acids is 1. The molecule has 43 heavy (non-hydrogen) atoms. The maximum atomic E-state index is 13.6. The molecule has 13 nitrogen and oxygen atoms in total. The van der Waals surface area contributed by atoms with Crippen molar-refractivity contribution in [3.8, 4) is 11.5 Å². The van der Waals surface area contributed by atoms with E-state index in [4.69, 9.17) is 5.73 Å². The normalized spacial score (nSPS) is 13.9. The lowest BCUT2D eigenvalue weighted by molar-refractivity contribution is -0.142. The lowest BCUT2D eigenvalue weighted by Gasteiger charge is -2.25. The van der Waals surface area contributed by atoms with Crippen molar-refractivity contribution in [1.82, 2.24) is 25.9 Å². The number of nitrogens with two attached hydrogens (primary N) is 1. The number of carboxylic acids is 1. The molecule has 0 aliphatic carbocycles. The van der Waals surface area contributed by atoms with Crippen molar-refractivity contribution in [1.29, 1.82) is 0 Å². The van der Waals surface area contributed by atoms with Crippen molar-refractivity contribution < 1.29 is 34.5 Å². The first-order valence-corrected chi connectivity index (χ1v) is 13.8. The van der Waals surface area contributed by atoms with Crippen LogP contribution >= 0.6 is 0 Å². The number of phenols is 2. The van der Waals surface area contributed by atoms with Gasteiger partial charge in [-0.1, -0.05) is 38.1 Å². The predicted octanol–water partition coefficient (Wildman–Crippen LogP) is 0.761. The first-order chi connectivity index (χ1) is 20.4. The van der Waals surface area contributed by atoms with Crippen molar-refractivity contribution in [2.75, 3.05) is 0 Å². The molecule has 3 rings (SSSR count). The van der Waals surface area contributed by atoms with Gasteiger partial charge in [0.1, 0.15) is 29.6 Å². The summed E-state index contributed by atoms with van der Waals surface area (Å²) in [5, 5.41) is 36.6. The molecular weight excluding hydrogens is 556 g/mol. The lowest BCUT2D eigenvalue weighted by atomic mass is 10.0. The second kappa shape index (κ2) is 15.4. The minimum absolute atomic E-state index is 0.00722.